The zero-order chi connectivity index (χ0) is 16.1. The van der Waals surface area contributed by atoms with Crippen LogP contribution < -0.4 is 10.6 Å². The van der Waals surface area contributed by atoms with Gasteiger partial charge in [-0.25, -0.2) is 8.78 Å². The number of carbonyl (C=O) groups excluding carboxylic acids is 1. The normalized spacial score (nSPS) is 12.0. The fourth-order valence-corrected chi connectivity index (χ4v) is 2.27. The number of carbonyl (C=O) groups is 1. The summed E-state index contributed by atoms with van der Waals surface area (Å²) in [6.45, 7) is 1.81. The monoisotopic (exact) mass is 324 g/mol. The molecule has 0 heterocycles. The van der Waals surface area contributed by atoms with Gasteiger partial charge in [-0.3, -0.25) is 4.79 Å². The fourth-order valence-electron chi connectivity index (χ4n) is 1.97. The Kier molecular flexibility index (Phi) is 5.46. The Bertz CT molecular complexity index is 679. The van der Waals surface area contributed by atoms with Crippen molar-refractivity contribution in [3.05, 3.63) is 64.7 Å². The third-order valence-electron chi connectivity index (χ3n) is 3.14. The molecule has 2 N–H and O–H groups in total. The van der Waals surface area contributed by atoms with Gasteiger partial charge in [0, 0.05) is 17.1 Å². The first-order valence-electron chi connectivity index (χ1n) is 6.70. The highest BCUT2D eigenvalue weighted by Gasteiger charge is 2.12. The van der Waals surface area contributed by atoms with Gasteiger partial charge in [0.2, 0.25) is 5.91 Å². The second-order valence-corrected chi connectivity index (χ2v) is 5.20. The molecule has 1 unspecified atom stereocenters. The molecule has 1 atom stereocenters. The van der Waals surface area contributed by atoms with E-state index in [1.807, 2.05) is 25.1 Å². The van der Waals surface area contributed by atoms with Crippen molar-refractivity contribution >= 4 is 23.2 Å². The maximum Gasteiger partial charge on any atom is 0.238 e. The quantitative estimate of drug-likeness (QED) is 0.875. The van der Waals surface area contributed by atoms with E-state index >= 15 is 0 Å². The minimum atomic E-state index is -0.686. The molecule has 0 spiro atoms. The van der Waals surface area contributed by atoms with Crippen molar-refractivity contribution in [1.82, 2.24) is 5.32 Å². The summed E-state index contributed by atoms with van der Waals surface area (Å²) < 4.78 is 26.5. The van der Waals surface area contributed by atoms with Crippen molar-refractivity contribution in [3.8, 4) is 0 Å². The van der Waals surface area contributed by atoms with Crippen molar-refractivity contribution in [3.63, 3.8) is 0 Å². The molecule has 22 heavy (non-hydrogen) atoms. The Morgan fingerprint density at radius 1 is 1.23 bits per heavy atom. The standard InChI is InChI=1S/C16H15ClF2N2O/c1-10(12-4-2-3-5-13(12)17)20-9-16(22)21-15-8-11(18)6-7-14(15)19/h2-8,10,20H,9H2,1H3,(H,21,22). The van der Waals surface area contributed by atoms with E-state index in [1.54, 1.807) is 6.07 Å². The molecule has 0 radical (unpaired) electrons. The number of anilines is 1. The van der Waals surface area contributed by atoms with E-state index in [9.17, 15) is 13.6 Å². The van der Waals surface area contributed by atoms with Gasteiger partial charge in [0.15, 0.2) is 0 Å². The molecule has 0 aliphatic heterocycles. The van der Waals surface area contributed by atoms with Crippen LogP contribution in [0.15, 0.2) is 42.5 Å². The van der Waals surface area contributed by atoms with Crippen molar-refractivity contribution in [1.29, 1.82) is 0 Å². The van der Waals surface area contributed by atoms with E-state index in [-0.39, 0.29) is 18.3 Å². The predicted octanol–water partition coefficient (Wildman–Crippen LogP) is 3.91. The highest BCUT2D eigenvalue weighted by Crippen LogP contribution is 2.22. The van der Waals surface area contributed by atoms with Crippen LogP contribution in [0.3, 0.4) is 0 Å². The molecule has 0 aromatic heterocycles. The fraction of sp³-hybridized carbons (Fsp3) is 0.188. The number of hydrogen-bond acceptors (Lipinski definition) is 2. The second-order valence-electron chi connectivity index (χ2n) is 4.80. The first-order valence-corrected chi connectivity index (χ1v) is 7.08. The molecule has 1 amide bonds. The lowest BCUT2D eigenvalue weighted by Gasteiger charge is -2.15. The smallest absolute Gasteiger partial charge is 0.238 e. The average Bonchev–Trinajstić information content (AvgIpc) is 2.49. The number of amides is 1. The summed E-state index contributed by atoms with van der Waals surface area (Å²) >= 11 is 6.07. The van der Waals surface area contributed by atoms with Crippen molar-refractivity contribution in [2.24, 2.45) is 0 Å². The van der Waals surface area contributed by atoms with Crippen molar-refractivity contribution in [2.45, 2.75) is 13.0 Å². The van der Waals surface area contributed by atoms with Crippen LogP contribution in [0.1, 0.15) is 18.5 Å². The van der Waals surface area contributed by atoms with Gasteiger partial charge in [-0.05, 0) is 30.7 Å². The van der Waals surface area contributed by atoms with Crippen LogP contribution in [0.4, 0.5) is 14.5 Å². The maximum absolute atomic E-state index is 13.4. The first-order chi connectivity index (χ1) is 10.5. The third-order valence-corrected chi connectivity index (χ3v) is 3.49. The molecular formula is C16H15ClF2N2O. The first kappa shape index (κ1) is 16.4. The number of benzene rings is 2. The van der Waals surface area contributed by atoms with E-state index in [4.69, 9.17) is 11.6 Å². The molecule has 0 saturated heterocycles. The van der Waals surface area contributed by atoms with E-state index in [0.29, 0.717) is 5.02 Å². The minimum absolute atomic E-state index is 0.0532. The molecule has 0 aliphatic carbocycles. The van der Waals surface area contributed by atoms with E-state index in [1.165, 1.54) is 0 Å². The summed E-state index contributed by atoms with van der Waals surface area (Å²) in [6.07, 6.45) is 0. The molecule has 0 aliphatic rings. The number of nitrogens with one attached hydrogen (secondary N) is 2. The summed E-state index contributed by atoms with van der Waals surface area (Å²) in [7, 11) is 0. The Morgan fingerprint density at radius 3 is 2.68 bits per heavy atom. The van der Waals surface area contributed by atoms with Gasteiger partial charge in [0.05, 0.1) is 12.2 Å². The molecule has 6 heteroatoms. The molecule has 0 fully saturated rings. The molecule has 3 nitrogen and oxygen atoms in total. The van der Waals surface area contributed by atoms with Gasteiger partial charge >= 0.3 is 0 Å². The van der Waals surface area contributed by atoms with E-state index in [2.05, 4.69) is 10.6 Å². The number of halogens is 3. The van der Waals surface area contributed by atoms with E-state index in [0.717, 1.165) is 23.8 Å². The molecule has 116 valence electrons. The second kappa shape index (κ2) is 7.33. The highest BCUT2D eigenvalue weighted by atomic mass is 35.5. The Balaban J connectivity index is 1.93. The van der Waals surface area contributed by atoms with Crippen LogP contribution >= 0.6 is 11.6 Å². The lowest BCUT2D eigenvalue weighted by Crippen LogP contribution is -2.30. The molecule has 2 aromatic rings. The Labute approximate surface area is 132 Å². The Hall–Kier alpha value is -1.98. The van der Waals surface area contributed by atoms with Crippen LogP contribution in [0, 0.1) is 11.6 Å². The van der Waals surface area contributed by atoms with Gasteiger partial charge in [0.1, 0.15) is 11.6 Å². The number of hydrogen-bond donors (Lipinski definition) is 2. The van der Waals surface area contributed by atoms with Crippen LogP contribution in [0.25, 0.3) is 0 Å². The molecule has 2 aromatic carbocycles. The zero-order valence-electron chi connectivity index (χ0n) is 11.9. The van der Waals surface area contributed by atoms with Crippen LogP contribution in [-0.2, 0) is 4.79 Å². The predicted molar refractivity (Wildman–Crippen MR) is 82.9 cm³/mol. The summed E-state index contributed by atoms with van der Waals surface area (Å²) in [5.41, 5.74) is 0.672. The topological polar surface area (TPSA) is 41.1 Å². The van der Waals surface area contributed by atoms with Crippen molar-refractivity contribution < 1.29 is 13.6 Å². The Morgan fingerprint density at radius 2 is 1.95 bits per heavy atom. The summed E-state index contributed by atoms with van der Waals surface area (Å²) in [5.74, 6) is -1.77. The van der Waals surface area contributed by atoms with Crippen LogP contribution in [-0.4, -0.2) is 12.5 Å². The molecule has 0 bridgehead atoms. The summed E-state index contributed by atoms with van der Waals surface area (Å²) in [4.78, 5) is 11.8. The van der Waals surface area contributed by atoms with Gasteiger partial charge in [-0.15, -0.1) is 0 Å². The van der Waals surface area contributed by atoms with Gasteiger partial charge in [-0.1, -0.05) is 29.8 Å². The number of rotatable bonds is 5. The van der Waals surface area contributed by atoms with Gasteiger partial charge in [0.25, 0.3) is 0 Å². The average molecular weight is 325 g/mol. The lowest BCUT2D eigenvalue weighted by atomic mass is 10.1. The van der Waals surface area contributed by atoms with E-state index < -0.39 is 17.5 Å². The van der Waals surface area contributed by atoms with Gasteiger partial charge < -0.3 is 10.6 Å². The summed E-state index contributed by atoms with van der Waals surface area (Å²) in [5, 5.41) is 5.90. The molecular weight excluding hydrogens is 310 g/mol. The largest absolute Gasteiger partial charge is 0.322 e. The summed E-state index contributed by atoms with van der Waals surface area (Å²) in [6, 6.07) is 10.0. The lowest BCUT2D eigenvalue weighted by molar-refractivity contribution is -0.115. The third kappa shape index (κ3) is 4.26. The molecule has 0 saturated carbocycles. The van der Waals surface area contributed by atoms with Crippen LogP contribution in [0.2, 0.25) is 5.02 Å². The highest BCUT2D eigenvalue weighted by molar-refractivity contribution is 6.31. The van der Waals surface area contributed by atoms with Crippen LogP contribution in [0.5, 0.6) is 0 Å². The zero-order valence-corrected chi connectivity index (χ0v) is 12.6. The molecule has 2 rings (SSSR count). The van der Waals surface area contributed by atoms with Crippen molar-refractivity contribution in [2.75, 3.05) is 11.9 Å². The van der Waals surface area contributed by atoms with Gasteiger partial charge in [-0.2, -0.15) is 0 Å². The maximum atomic E-state index is 13.4. The minimum Gasteiger partial charge on any atom is -0.322 e. The SMILES string of the molecule is CC(NCC(=O)Nc1cc(F)ccc1F)c1ccccc1Cl.